The van der Waals surface area contributed by atoms with Crippen LogP contribution in [0.3, 0.4) is 0 Å². The standard InChI is InChI=1S/C59H96O12/c1-4-7-10-13-16-19-21-23-25-26-28-30-32-35-38-41-44-47-53(62)70-57-55(64)54(63)56(58(65)66)71-59(57)68-49-50(69-52(61)46-43-40-37-33-18-15-12-9-6-3)48-67-51(60)45-42-39-36-34-31-29-27-24-22-20-17-14-11-8-5-2/h8,11,16-17,19-20,23-25,27,31,34,39,42,50,54-57,59,63-64H,4-7,9-10,12-15,18,21-22,26,28-30,32-33,35-38,40-41,43-49H2,1-3H3,(H,65,66)/b11-8-,19-16-,20-17-,25-23-,27-24-,34-31-,42-39-. The van der Waals surface area contributed by atoms with Gasteiger partial charge in [0.2, 0.25) is 0 Å². The molecule has 404 valence electrons. The van der Waals surface area contributed by atoms with Crippen LogP contribution >= 0.6 is 0 Å². The van der Waals surface area contributed by atoms with E-state index in [9.17, 15) is 34.5 Å². The minimum Gasteiger partial charge on any atom is -0.479 e. The normalized spacial score (nSPS) is 19.1. The fraction of sp³-hybridized carbons (Fsp3) is 0.695. The number of aliphatic hydroxyl groups excluding tert-OH is 2. The first-order valence-electron chi connectivity index (χ1n) is 27.6. The second-order valence-corrected chi connectivity index (χ2v) is 18.5. The quantitative estimate of drug-likeness (QED) is 0.0228. The molecular formula is C59H96O12. The largest absolute Gasteiger partial charge is 0.479 e. The molecule has 0 aromatic rings. The summed E-state index contributed by atoms with van der Waals surface area (Å²) in [5.74, 6) is -3.30. The lowest BCUT2D eigenvalue weighted by molar-refractivity contribution is -0.301. The molecule has 12 heteroatoms. The Morgan fingerprint density at radius 3 is 1.45 bits per heavy atom. The molecule has 1 saturated heterocycles. The summed E-state index contributed by atoms with van der Waals surface area (Å²) in [6.45, 7) is 5.71. The van der Waals surface area contributed by atoms with Crippen LogP contribution in [0.25, 0.3) is 0 Å². The van der Waals surface area contributed by atoms with Crippen molar-refractivity contribution in [1.82, 2.24) is 0 Å². The van der Waals surface area contributed by atoms with E-state index in [-0.39, 0.29) is 25.9 Å². The summed E-state index contributed by atoms with van der Waals surface area (Å²) < 4.78 is 28.2. The van der Waals surface area contributed by atoms with Crippen LogP contribution in [0.5, 0.6) is 0 Å². The van der Waals surface area contributed by atoms with Crippen molar-refractivity contribution in [1.29, 1.82) is 0 Å². The van der Waals surface area contributed by atoms with Crippen LogP contribution in [0.2, 0.25) is 0 Å². The summed E-state index contributed by atoms with van der Waals surface area (Å²) in [7, 11) is 0. The molecule has 6 unspecified atom stereocenters. The smallest absolute Gasteiger partial charge is 0.335 e. The summed E-state index contributed by atoms with van der Waals surface area (Å²) in [5.41, 5.74) is 0. The van der Waals surface area contributed by atoms with E-state index in [4.69, 9.17) is 23.7 Å². The van der Waals surface area contributed by atoms with Gasteiger partial charge in [-0.2, -0.15) is 0 Å². The highest BCUT2D eigenvalue weighted by atomic mass is 16.7. The summed E-state index contributed by atoms with van der Waals surface area (Å²) in [6, 6.07) is 0. The van der Waals surface area contributed by atoms with E-state index < -0.39 is 67.3 Å². The number of ether oxygens (including phenoxy) is 5. The molecule has 1 aliphatic rings. The Morgan fingerprint density at radius 1 is 0.493 bits per heavy atom. The number of unbranched alkanes of at least 4 members (excludes halogenated alkanes) is 18. The summed E-state index contributed by atoms with van der Waals surface area (Å²) in [5, 5.41) is 31.4. The highest BCUT2D eigenvalue weighted by Crippen LogP contribution is 2.26. The summed E-state index contributed by atoms with van der Waals surface area (Å²) in [4.78, 5) is 50.8. The summed E-state index contributed by atoms with van der Waals surface area (Å²) >= 11 is 0. The molecule has 0 bridgehead atoms. The van der Waals surface area contributed by atoms with Gasteiger partial charge in [0.25, 0.3) is 0 Å². The van der Waals surface area contributed by atoms with Crippen molar-refractivity contribution in [2.24, 2.45) is 0 Å². The van der Waals surface area contributed by atoms with Gasteiger partial charge in [-0.3, -0.25) is 14.4 Å². The second-order valence-electron chi connectivity index (χ2n) is 18.5. The van der Waals surface area contributed by atoms with Crippen molar-refractivity contribution in [2.75, 3.05) is 13.2 Å². The van der Waals surface area contributed by atoms with E-state index >= 15 is 0 Å². The Bertz CT molecular complexity index is 1560. The SMILES string of the molecule is CC/C=C\C/C=C\C/C=C\C/C=C\C/C=C\CC(=O)OCC(COC1OC(C(=O)O)C(O)C(O)C1OC(=O)CCCCCCCCC/C=C\C/C=C\CCCCC)OC(=O)CCCCCCCCCCC. The number of aliphatic hydroxyl groups is 2. The molecule has 1 rings (SSSR count). The zero-order valence-corrected chi connectivity index (χ0v) is 44.2. The molecule has 0 aliphatic carbocycles. The average Bonchev–Trinajstić information content (AvgIpc) is 3.35. The van der Waals surface area contributed by atoms with E-state index in [0.717, 1.165) is 103 Å². The second kappa shape index (κ2) is 46.9. The number of allylic oxidation sites excluding steroid dienone is 13. The highest BCUT2D eigenvalue weighted by molar-refractivity contribution is 5.74. The number of carboxylic acids is 1. The van der Waals surface area contributed by atoms with Crippen molar-refractivity contribution < 1.29 is 58.2 Å². The molecule has 0 aromatic carbocycles. The molecule has 0 aromatic heterocycles. The molecule has 1 heterocycles. The van der Waals surface area contributed by atoms with Gasteiger partial charge in [0, 0.05) is 12.8 Å². The molecular weight excluding hydrogens is 901 g/mol. The molecule has 0 amide bonds. The first kappa shape index (κ1) is 64.9. The van der Waals surface area contributed by atoms with Gasteiger partial charge in [-0.25, -0.2) is 4.79 Å². The first-order chi connectivity index (χ1) is 34.6. The molecule has 3 N–H and O–H groups in total. The predicted octanol–water partition coefficient (Wildman–Crippen LogP) is 13.6. The number of aliphatic carboxylic acids is 1. The molecule has 6 atom stereocenters. The van der Waals surface area contributed by atoms with Crippen LogP contribution in [0.15, 0.2) is 85.1 Å². The van der Waals surface area contributed by atoms with Crippen molar-refractivity contribution in [3.8, 4) is 0 Å². The molecule has 12 nitrogen and oxygen atoms in total. The van der Waals surface area contributed by atoms with E-state index in [2.05, 4.69) is 87.6 Å². The molecule has 1 fully saturated rings. The zero-order valence-electron chi connectivity index (χ0n) is 44.2. The van der Waals surface area contributed by atoms with E-state index in [1.54, 1.807) is 6.08 Å². The maximum Gasteiger partial charge on any atom is 0.335 e. The fourth-order valence-electron chi connectivity index (χ4n) is 7.76. The van der Waals surface area contributed by atoms with Crippen molar-refractivity contribution in [2.45, 2.75) is 250 Å². The van der Waals surface area contributed by atoms with Crippen LogP contribution in [0, 0.1) is 0 Å². The number of hydrogen-bond donors (Lipinski definition) is 3. The van der Waals surface area contributed by atoms with Gasteiger partial charge in [0.05, 0.1) is 13.0 Å². The Labute approximate surface area is 429 Å². The van der Waals surface area contributed by atoms with Gasteiger partial charge in [-0.1, -0.05) is 202 Å². The minimum absolute atomic E-state index is 0.0167. The molecule has 71 heavy (non-hydrogen) atoms. The van der Waals surface area contributed by atoms with E-state index in [1.165, 1.54) is 51.4 Å². The third-order valence-corrected chi connectivity index (χ3v) is 12.0. The van der Waals surface area contributed by atoms with Crippen LogP contribution in [-0.2, 0) is 42.9 Å². The monoisotopic (exact) mass is 997 g/mol. The van der Waals surface area contributed by atoms with Gasteiger partial charge in [-0.05, 0) is 77.0 Å². The predicted molar refractivity (Wildman–Crippen MR) is 284 cm³/mol. The third kappa shape index (κ3) is 37.3. The molecule has 0 spiro atoms. The van der Waals surface area contributed by atoms with Crippen molar-refractivity contribution in [3.63, 3.8) is 0 Å². The Balaban J connectivity index is 2.73. The van der Waals surface area contributed by atoms with Crippen molar-refractivity contribution in [3.05, 3.63) is 85.1 Å². The minimum atomic E-state index is -1.92. The fourth-order valence-corrected chi connectivity index (χ4v) is 7.76. The summed E-state index contributed by atoms with van der Waals surface area (Å²) in [6.07, 6.45) is 47.4. The van der Waals surface area contributed by atoms with Crippen LogP contribution < -0.4 is 0 Å². The van der Waals surface area contributed by atoms with Gasteiger partial charge < -0.3 is 39.0 Å². The maximum atomic E-state index is 13.0. The third-order valence-electron chi connectivity index (χ3n) is 12.0. The van der Waals surface area contributed by atoms with Crippen LogP contribution in [0.4, 0.5) is 0 Å². The highest BCUT2D eigenvalue weighted by Gasteiger charge is 2.50. The average molecular weight is 997 g/mol. The topological polar surface area (TPSA) is 175 Å². The van der Waals surface area contributed by atoms with E-state index in [0.29, 0.717) is 19.3 Å². The Hall–Kier alpha value is -4.10. The number of carbonyl (C=O) groups excluding carboxylic acids is 3. The van der Waals surface area contributed by atoms with Gasteiger partial charge >= 0.3 is 23.9 Å². The number of esters is 3. The lowest BCUT2D eigenvalue weighted by Crippen LogP contribution is -2.61. The van der Waals surface area contributed by atoms with Crippen molar-refractivity contribution >= 4 is 23.9 Å². The van der Waals surface area contributed by atoms with Crippen LogP contribution in [-0.4, -0.2) is 89.2 Å². The lowest BCUT2D eigenvalue weighted by Gasteiger charge is -2.40. The Kier molecular flexibility index (Phi) is 42.9. The molecule has 1 aliphatic heterocycles. The number of rotatable bonds is 45. The molecule has 0 radical (unpaired) electrons. The van der Waals surface area contributed by atoms with Gasteiger partial charge in [0.1, 0.15) is 18.8 Å². The lowest BCUT2D eigenvalue weighted by atomic mass is 9.98. The Morgan fingerprint density at radius 2 is 0.930 bits per heavy atom. The number of carboxylic acid groups (broad SMARTS) is 1. The van der Waals surface area contributed by atoms with Gasteiger partial charge in [-0.15, -0.1) is 0 Å². The zero-order chi connectivity index (χ0) is 51.8. The first-order valence-corrected chi connectivity index (χ1v) is 27.6. The number of carbonyl (C=O) groups is 4. The van der Waals surface area contributed by atoms with Gasteiger partial charge in [0.15, 0.2) is 24.6 Å². The number of hydrogen-bond acceptors (Lipinski definition) is 11. The molecule has 0 saturated carbocycles. The maximum absolute atomic E-state index is 13.0. The van der Waals surface area contributed by atoms with E-state index in [1.807, 2.05) is 12.2 Å². The van der Waals surface area contributed by atoms with Crippen LogP contribution in [0.1, 0.15) is 213 Å².